The zero-order chi connectivity index (χ0) is 20.4. The summed E-state index contributed by atoms with van der Waals surface area (Å²) < 4.78 is 12.5. The standard InChI is InChI=1S/C20H22ClN5O3/c1-12(10-29-11-13-3-5-14(28-2)6-4-13)24-20(27)16-9-23-26-18-15(7-8-22-18)17(21)25-19(16)26/h3-6,9,12,22H,7-8,10-11H2,1-2H3,(H,24,27). The molecule has 1 amide bonds. The van der Waals surface area contributed by atoms with Crippen molar-refractivity contribution in [1.82, 2.24) is 19.9 Å². The van der Waals surface area contributed by atoms with Gasteiger partial charge in [0.2, 0.25) is 0 Å². The Balaban J connectivity index is 1.37. The molecule has 0 bridgehead atoms. The Bertz CT molecular complexity index is 1030. The molecule has 1 atom stereocenters. The molecule has 1 aromatic carbocycles. The zero-order valence-corrected chi connectivity index (χ0v) is 17.0. The lowest BCUT2D eigenvalue weighted by molar-refractivity contribution is 0.0821. The minimum Gasteiger partial charge on any atom is -0.497 e. The van der Waals surface area contributed by atoms with Crippen molar-refractivity contribution in [1.29, 1.82) is 0 Å². The van der Waals surface area contributed by atoms with E-state index < -0.39 is 0 Å². The van der Waals surface area contributed by atoms with Gasteiger partial charge in [-0.1, -0.05) is 23.7 Å². The second kappa shape index (κ2) is 8.26. The lowest BCUT2D eigenvalue weighted by Crippen LogP contribution is -2.35. The van der Waals surface area contributed by atoms with E-state index in [-0.39, 0.29) is 11.9 Å². The van der Waals surface area contributed by atoms with Crippen LogP contribution in [-0.2, 0) is 17.8 Å². The van der Waals surface area contributed by atoms with Crippen LogP contribution in [0.25, 0.3) is 5.65 Å². The first kappa shape index (κ1) is 19.5. The molecule has 3 aromatic rings. The Labute approximate surface area is 173 Å². The molecule has 0 saturated heterocycles. The topological polar surface area (TPSA) is 89.8 Å². The second-order valence-corrected chi connectivity index (χ2v) is 7.30. The number of rotatable bonds is 7. The average Bonchev–Trinajstić information content (AvgIpc) is 3.35. The third-order valence-corrected chi connectivity index (χ3v) is 5.09. The van der Waals surface area contributed by atoms with E-state index in [4.69, 9.17) is 21.1 Å². The molecule has 152 valence electrons. The summed E-state index contributed by atoms with van der Waals surface area (Å²) in [7, 11) is 1.63. The fraction of sp³-hybridized carbons (Fsp3) is 0.350. The van der Waals surface area contributed by atoms with E-state index in [9.17, 15) is 4.79 Å². The average molecular weight is 416 g/mol. The van der Waals surface area contributed by atoms with Crippen molar-refractivity contribution in [3.05, 3.63) is 52.3 Å². The van der Waals surface area contributed by atoms with Gasteiger partial charge in [-0.25, -0.2) is 4.98 Å². The van der Waals surface area contributed by atoms with Crippen LogP contribution in [0.3, 0.4) is 0 Å². The summed E-state index contributed by atoms with van der Waals surface area (Å²) in [5.41, 5.74) is 2.78. The molecule has 1 aliphatic rings. The third-order valence-electron chi connectivity index (χ3n) is 4.78. The van der Waals surface area contributed by atoms with E-state index in [1.165, 1.54) is 6.20 Å². The number of fused-ring (bicyclic) bond motifs is 3. The van der Waals surface area contributed by atoms with Gasteiger partial charge in [0.15, 0.2) is 5.65 Å². The Hall–Kier alpha value is -2.84. The number of carbonyl (C=O) groups is 1. The van der Waals surface area contributed by atoms with Crippen molar-refractivity contribution in [3.63, 3.8) is 0 Å². The van der Waals surface area contributed by atoms with Gasteiger partial charge >= 0.3 is 0 Å². The van der Waals surface area contributed by atoms with E-state index in [0.717, 1.165) is 35.7 Å². The molecule has 0 aliphatic carbocycles. The molecule has 2 N–H and O–H groups in total. The van der Waals surface area contributed by atoms with Gasteiger partial charge < -0.3 is 20.1 Å². The highest BCUT2D eigenvalue weighted by Gasteiger charge is 2.24. The van der Waals surface area contributed by atoms with Gasteiger partial charge in [-0.2, -0.15) is 9.61 Å². The van der Waals surface area contributed by atoms with Gasteiger partial charge in [0.05, 0.1) is 26.5 Å². The molecule has 8 nitrogen and oxygen atoms in total. The number of hydrogen-bond donors (Lipinski definition) is 2. The van der Waals surface area contributed by atoms with Crippen LogP contribution in [0.4, 0.5) is 5.82 Å². The molecule has 3 heterocycles. The smallest absolute Gasteiger partial charge is 0.257 e. The monoisotopic (exact) mass is 415 g/mol. The summed E-state index contributed by atoms with van der Waals surface area (Å²) in [6.07, 6.45) is 2.31. The van der Waals surface area contributed by atoms with Crippen molar-refractivity contribution in [2.75, 3.05) is 25.6 Å². The van der Waals surface area contributed by atoms with Crippen molar-refractivity contribution in [2.45, 2.75) is 26.0 Å². The molecule has 2 aromatic heterocycles. The largest absolute Gasteiger partial charge is 0.497 e. The number of aromatic nitrogens is 3. The van der Waals surface area contributed by atoms with Gasteiger partial charge in [-0.05, 0) is 31.0 Å². The van der Waals surface area contributed by atoms with Crippen molar-refractivity contribution in [3.8, 4) is 5.75 Å². The predicted octanol–water partition coefficient (Wildman–Crippen LogP) is 2.69. The molecule has 0 radical (unpaired) electrons. The highest BCUT2D eigenvalue weighted by molar-refractivity contribution is 6.30. The van der Waals surface area contributed by atoms with Crippen LogP contribution in [-0.4, -0.2) is 46.8 Å². The molecule has 29 heavy (non-hydrogen) atoms. The molecular weight excluding hydrogens is 394 g/mol. The molecule has 0 spiro atoms. The molecule has 4 rings (SSSR count). The Morgan fingerprint density at radius 1 is 1.38 bits per heavy atom. The first-order chi connectivity index (χ1) is 14.1. The number of nitrogens with zero attached hydrogens (tertiary/aromatic N) is 3. The number of ether oxygens (including phenoxy) is 2. The van der Waals surface area contributed by atoms with Crippen molar-refractivity contribution in [2.24, 2.45) is 0 Å². The highest BCUT2D eigenvalue weighted by Crippen LogP contribution is 2.29. The maximum Gasteiger partial charge on any atom is 0.257 e. The molecular formula is C20H22ClN5O3. The summed E-state index contributed by atoms with van der Waals surface area (Å²) in [6.45, 7) is 3.50. The van der Waals surface area contributed by atoms with Crippen LogP contribution in [0.15, 0.2) is 30.5 Å². The molecule has 0 fully saturated rings. The van der Waals surface area contributed by atoms with Gasteiger partial charge in [-0.3, -0.25) is 4.79 Å². The minimum atomic E-state index is -0.262. The Kier molecular flexibility index (Phi) is 5.55. The quantitative estimate of drug-likeness (QED) is 0.577. The summed E-state index contributed by atoms with van der Waals surface area (Å²) in [6, 6.07) is 7.49. The van der Waals surface area contributed by atoms with E-state index in [1.54, 1.807) is 11.6 Å². The number of methoxy groups -OCH3 is 1. The third kappa shape index (κ3) is 3.99. The highest BCUT2D eigenvalue weighted by atomic mass is 35.5. The fourth-order valence-corrected chi connectivity index (χ4v) is 3.55. The minimum absolute atomic E-state index is 0.182. The van der Waals surface area contributed by atoms with Crippen LogP contribution in [0.2, 0.25) is 5.15 Å². The van der Waals surface area contributed by atoms with Crippen LogP contribution in [0.5, 0.6) is 5.75 Å². The second-order valence-electron chi connectivity index (χ2n) is 6.94. The number of anilines is 1. The van der Waals surface area contributed by atoms with Crippen LogP contribution in [0, 0.1) is 0 Å². The van der Waals surface area contributed by atoms with E-state index in [1.807, 2.05) is 31.2 Å². The van der Waals surface area contributed by atoms with Crippen LogP contribution >= 0.6 is 11.6 Å². The first-order valence-corrected chi connectivity index (χ1v) is 9.76. The summed E-state index contributed by atoms with van der Waals surface area (Å²) in [4.78, 5) is 17.1. The van der Waals surface area contributed by atoms with E-state index in [2.05, 4.69) is 20.7 Å². The predicted molar refractivity (Wildman–Crippen MR) is 110 cm³/mol. The van der Waals surface area contributed by atoms with E-state index in [0.29, 0.717) is 29.6 Å². The Morgan fingerprint density at radius 2 is 2.17 bits per heavy atom. The molecule has 0 saturated carbocycles. The summed E-state index contributed by atoms with van der Waals surface area (Å²) in [5.74, 6) is 1.34. The zero-order valence-electron chi connectivity index (χ0n) is 16.2. The number of amides is 1. The maximum absolute atomic E-state index is 12.7. The van der Waals surface area contributed by atoms with Crippen molar-refractivity contribution >= 4 is 29.0 Å². The first-order valence-electron chi connectivity index (χ1n) is 9.38. The Morgan fingerprint density at radius 3 is 2.93 bits per heavy atom. The number of benzene rings is 1. The summed E-state index contributed by atoms with van der Waals surface area (Å²) >= 11 is 6.28. The van der Waals surface area contributed by atoms with Gasteiger partial charge in [-0.15, -0.1) is 0 Å². The number of nitrogens with one attached hydrogen (secondary N) is 2. The van der Waals surface area contributed by atoms with Gasteiger partial charge in [0.25, 0.3) is 5.91 Å². The number of halogens is 1. The fourth-order valence-electron chi connectivity index (χ4n) is 3.29. The van der Waals surface area contributed by atoms with Crippen molar-refractivity contribution < 1.29 is 14.3 Å². The molecule has 9 heteroatoms. The van der Waals surface area contributed by atoms with Gasteiger partial charge in [0, 0.05) is 18.2 Å². The maximum atomic E-state index is 12.7. The SMILES string of the molecule is COc1ccc(COCC(C)NC(=O)c2cnn3c4c(c(Cl)nc23)CCN4)cc1. The number of hydrogen-bond acceptors (Lipinski definition) is 6. The molecule has 1 aliphatic heterocycles. The summed E-state index contributed by atoms with van der Waals surface area (Å²) in [5, 5.41) is 10.9. The van der Waals surface area contributed by atoms with Crippen LogP contribution in [0.1, 0.15) is 28.4 Å². The lowest BCUT2D eigenvalue weighted by atomic mass is 10.2. The lowest BCUT2D eigenvalue weighted by Gasteiger charge is -2.14. The number of carbonyl (C=O) groups excluding carboxylic acids is 1. The normalized spacial score (nSPS) is 13.8. The van der Waals surface area contributed by atoms with E-state index >= 15 is 0 Å². The molecule has 1 unspecified atom stereocenters. The van der Waals surface area contributed by atoms with Crippen LogP contribution < -0.4 is 15.4 Å². The van der Waals surface area contributed by atoms with Gasteiger partial charge in [0.1, 0.15) is 22.3 Å².